The molecule has 1 amide bonds. The second-order valence-electron chi connectivity index (χ2n) is 1.89. The average Bonchev–Trinajstić information content (AvgIpc) is 2.48. The smallest absolute Gasteiger partial charge is 0.329 e. The Labute approximate surface area is 73.1 Å². The van der Waals surface area contributed by atoms with Crippen LogP contribution in [0.15, 0.2) is 0 Å². The van der Waals surface area contributed by atoms with Crippen molar-refractivity contribution in [1.82, 2.24) is 14.8 Å². The molecule has 0 saturated heterocycles. The van der Waals surface area contributed by atoms with Gasteiger partial charge in [-0.3, -0.25) is 15.6 Å². The van der Waals surface area contributed by atoms with Crippen LogP contribution in [-0.4, -0.2) is 22.4 Å². The molecule has 6 nitrogen and oxygen atoms in total. The summed E-state index contributed by atoms with van der Waals surface area (Å²) >= 11 is 1.10. The molecular weight excluding hydrogens is 180 g/mol. The molecule has 0 bridgehead atoms. The van der Waals surface area contributed by atoms with Crippen LogP contribution < -0.4 is 15.6 Å². The van der Waals surface area contributed by atoms with Crippen molar-refractivity contribution in [3.05, 3.63) is 0 Å². The second kappa shape index (κ2) is 3.86. The molecule has 1 rings (SSSR count). The fourth-order valence-corrected chi connectivity index (χ4v) is 0.981. The quantitative estimate of drug-likeness (QED) is 0.653. The van der Waals surface area contributed by atoms with Gasteiger partial charge in [-0.25, -0.2) is 0 Å². The van der Waals surface area contributed by atoms with Gasteiger partial charge >= 0.3 is 6.01 Å². The Hall–Kier alpha value is -1.37. The highest BCUT2D eigenvalue weighted by atomic mass is 32.1. The molecule has 1 aromatic heterocycles. The predicted octanol–water partition coefficient (Wildman–Crippen LogP) is 0.00970. The summed E-state index contributed by atoms with van der Waals surface area (Å²) < 4.78 is 8.54. The van der Waals surface area contributed by atoms with Gasteiger partial charge in [0.25, 0.3) is 0 Å². The Bertz CT molecular complexity index is 274. The van der Waals surface area contributed by atoms with E-state index in [0.717, 1.165) is 11.5 Å². The number of hydrogen-bond donors (Lipinski definition) is 2. The highest BCUT2D eigenvalue weighted by Gasteiger charge is 2.01. The summed E-state index contributed by atoms with van der Waals surface area (Å²) in [5.41, 5.74) is 4.93. The van der Waals surface area contributed by atoms with Crippen molar-refractivity contribution < 1.29 is 9.53 Å². The fraction of sp³-hybridized carbons (Fsp3) is 0.400. The van der Waals surface area contributed by atoms with Crippen LogP contribution in [0.25, 0.3) is 0 Å². The predicted molar refractivity (Wildman–Crippen MR) is 43.9 cm³/mol. The maximum absolute atomic E-state index is 10.4. The molecule has 0 fully saturated rings. The van der Waals surface area contributed by atoms with Crippen LogP contribution in [0.3, 0.4) is 0 Å². The van der Waals surface area contributed by atoms with Crippen molar-refractivity contribution in [1.29, 1.82) is 0 Å². The van der Waals surface area contributed by atoms with Gasteiger partial charge in [0.15, 0.2) is 0 Å². The lowest BCUT2D eigenvalue weighted by molar-refractivity contribution is -0.118. The Balaban J connectivity index is 2.47. The van der Waals surface area contributed by atoms with Gasteiger partial charge in [0.05, 0.1) is 7.11 Å². The van der Waals surface area contributed by atoms with E-state index < -0.39 is 0 Å². The van der Waals surface area contributed by atoms with Crippen molar-refractivity contribution in [3.63, 3.8) is 0 Å². The zero-order valence-electron chi connectivity index (χ0n) is 6.62. The van der Waals surface area contributed by atoms with E-state index in [1.807, 2.05) is 0 Å². The maximum Gasteiger partial charge on any atom is 0.329 e. The Kier molecular flexibility index (Phi) is 2.81. The number of ether oxygens (including phenoxy) is 1. The number of hydrazine groups is 1. The minimum Gasteiger partial charge on any atom is -0.466 e. The molecule has 1 aromatic rings. The van der Waals surface area contributed by atoms with Gasteiger partial charge in [-0.05, 0) is 0 Å². The first-order chi connectivity index (χ1) is 5.72. The van der Waals surface area contributed by atoms with E-state index in [1.165, 1.54) is 14.0 Å². The third-order valence-electron chi connectivity index (χ3n) is 0.935. The lowest BCUT2D eigenvalue weighted by Crippen LogP contribution is -2.26. The molecule has 1 heterocycles. The van der Waals surface area contributed by atoms with Crippen LogP contribution in [0.5, 0.6) is 6.01 Å². The van der Waals surface area contributed by atoms with E-state index in [1.54, 1.807) is 0 Å². The van der Waals surface area contributed by atoms with E-state index in [-0.39, 0.29) is 11.9 Å². The van der Waals surface area contributed by atoms with Crippen LogP contribution >= 0.6 is 11.5 Å². The van der Waals surface area contributed by atoms with Gasteiger partial charge in [-0.2, -0.15) is 4.98 Å². The second-order valence-corrected chi connectivity index (χ2v) is 2.64. The van der Waals surface area contributed by atoms with Crippen LogP contribution in [0.4, 0.5) is 5.13 Å². The van der Waals surface area contributed by atoms with Gasteiger partial charge < -0.3 is 4.74 Å². The number of nitrogens with zero attached hydrogens (tertiary/aromatic N) is 2. The average molecular weight is 188 g/mol. The highest BCUT2D eigenvalue weighted by molar-refractivity contribution is 7.09. The van der Waals surface area contributed by atoms with Crippen molar-refractivity contribution in [3.8, 4) is 6.01 Å². The summed E-state index contributed by atoms with van der Waals surface area (Å²) in [6.07, 6.45) is 0. The topological polar surface area (TPSA) is 76.1 Å². The molecular formula is C5H8N4O2S. The zero-order chi connectivity index (χ0) is 8.97. The van der Waals surface area contributed by atoms with Crippen LogP contribution in [0.1, 0.15) is 6.92 Å². The molecule has 0 aliphatic rings. The third-order valence-corrected chi connectivity index (χ3v) is 1.55. The minimum absolute atomic E-state index is 0.191. The highest BCUT2D eigenvalue weighted by Crippen LogP contribution is 2.13. The molecule has 0 aromatic carbocycles. The summed E-state index contributed by atoms with van der Waals surface area (Å²) in [6, 6.07) is 0.285. The molecule has 0 saturated carbocycles. The minimum atomic E-state index is -0.191. The summed E-state index contributed by atoms with van der Waals surface area (Å²) in [5, 5.41) is 0.488. The van der Waals surface area contributed by atoms with Crippen molar-refractivity contribution >= 4 is 22.6 Å². The molecule has 66 valence electrons. The van der Waals surface area contributed by atoms with Gasteiger partial charge in [-0.1, -0.05) is 0 Å². The van der Waals surface area contributed by atoms with E-state index in [9.17, 15) is 4.79 Å². The van der Waals surface area contributed by atoms with Gasteiger partial charge in [0.2, 0.25) is 11.0 Å². The lowest BCUT2D eigenvalue weighted by Gasteiger charge is -1.98. The number of aromatic nitrogens is 2. The normalized spacial score (nSPS) is 9.17. The Morgan fingerprint density at radius 1 is 1.67 bits per heavy atom. The van der Waals surface area contributed by atoms with Crippen LogP contribution in [-0.2, 0) is 4.79 Å². The van der Waals surface area contributed by atoms with E-state index >= 15 is 0 Å². The molecule has 0 aliphatic heterocycles. The third kappa shape index (κ3) is 2.35. The number of anilines is 1. The monoisotopic (exact) mass is 188 g/mol. The standard InChI is InChI=1S/C5H8N4O2S/c1-3(10)7-8-5-6-4(11-2)9-12-5/h1-2H3,(H,7,10)(H,6,8,9). The molecule has 0 atom stereocenters. The zero-order valence-corrected chi connectivity index (χ0v) is 7.44. The number of rotatable bonds is 3. The van der Waals surface area contributed by atoms with E-state index in [2.05, 4.69) is 20.2 Å². The van der Waals surface area contributed by atoms with Crippen molar-refractivity contribution in [2.24, 2.45) is 0 Å². The number of amides is 1. The summed E-state index contributed by atoms with van der Waals surface area (Å²) in [4.78, 5) is 14.3. The van der Waals surface area contributed by atoms with Crippen molar-refractivity contribution in [2.75, 3.05) is 12.5 Å². The lowest BCUT2D eigenvalue weighted by atomic mass is 10.8. The number of hydrogen-bond acceptors (Lipinski definition) is 6. The first kappa shape index (κ1) is 8.72. The summed E-state index contributed by atoms with van der Waals surface area (Å²) in [5.74, 6) is -0.191. The van der Waals surface area contributed by atoms with E-state index in [4.69, 9.17) is 4.74 Å². The molecule has 7 heteroatoms. The Morgan fingerprint density at radius 3 is 2.92 bits per heavy atom. The maximum atomic E-state index is 10.4. The fourth-order valence-electron chi connectivity index (χ4n) is 0.485. The first-order valence-electron chi connectivity index (χ1n) is 3.12. The van der Waals surface area contributed by atoms with Crippen LogP contribution in [0, 0.1) is 0 Å². The molecule has 0 spiro atoms. The van der Waals surface area contributed by atoms with Crippen molar-refractivity contribution in [2.45, 2.75) is 6.92 Å². The summed E-state index contributed by atoms with van der Waals surface area (Å²) in [7, 11) is 1.48. The number of carbonyl (C=O) groups excluding carboxylic acids is 1. The number of methoxy groups -OCH3 is 1. The molecule has 0 unspecified atom stereocenters. The number of carbonyl (C=O) groups is 1. The molecule has 0 aliphatic carbocycles. The molecule has 12 heavy (non-hydrogen) atoms. The SMILES string of the molecule is COc1nsc(NNC(C)=O)n1. The van der Waals surface area contributed by atoms with E-state index in [0.29, 0.717) is 5.13 Å². The van der Waals surface area contributed by atoms with Gasteiger partial charge in [0, 0.05) is 18.5 Å². The largest absolute Gasteiger partial charge is 0.466 e. The molecule has 2 N–H and O–H groups in total. The summed E-state index contributed by atoms with van der Waals surface area (Å²) in [6.45, 7) is 1.39. The number of nitrogens with one attached hydrogen (secondary N) is 2. The Morgan fingerprint density at radius 2 is 2.42 bits per heavy atom. The van der Waals surface area contributed by atoms with Crippen LogP contribution in [0.2, 0.25) is 0 Å². The molecule has 0 radical (unpaired) electrons. The van der Waals surface area contributed by atoms with Gasteiger partial charge in [0.1, 0.15) is 0 Å². The van der Waals surface area contributed by atoms with Gasteiger partial charge in [-0.15, -0.1) is 4.37 Å². The first-order valence-corrected chi connectivity index (χ1v) is 3.90.